The first-order chi connectivity index (χ1) is 9.67. The van der Waals surface area contributed by atoms with Gasteiger partial charge in [0.2, 0.25) is 5.91 Å². The number of nitrogens with one attached hydrogen (secondary N) is 2. The number of aromatic nitrogens is 2. The summed E-state index contributed by atoms with van der Waals surface area (Å²) in [5, 5.41) is 11.9. The quantitative estimate of drug-likeness (QED) is 0.847. The van der Waals surface area contributed by atoms with Gasteiger partial charge in [-0.3, -0.25) is 4.79 Å². The molecule has 20 heavy (non-hydrogen) atoms. The van der Waals surface area contributed by atoms with E-state index in [1.165, 1.54) is 0 Å². The van der Waals surface area contributed by atoms with Crippen molar-refractivity contribution in [3.05, 3.63) is 28.5 Å². The monoisotopic (exact) mass is 286 g/mol. The molecule has 0 bridgehead atoms. The number of benzene rings is 1. The highest BCUT2D eigenvalue weighted by molar-refractivity contribution is 7.71. The van der Waals surface area contributed by atoms with Crippen LogP contribution in [0.25, 0.3) is 11.0 Å². The van der Waals surface area contributed by atoms with Crippen molar-refractivity contribution in [2.75, 3.05) is 0 Å². The standard InChI is InChI=1S/C14H14N4OS/c15-8-9-1-4-11-12(7-9)18(14(20)17-11)6-5-13(19)16-10-2-3-10/h1,4,7,10H,2-3,5-6H2,(H,16,19)(H,17,20). The van der Waals surface area contributed by atoms with E-state index in [-0.39, 0.29) is 5.91 Å². The second kappa shape index (κ2) is 5.10. The molecule has 2 aromatic rings. The van der Waals surface area contributed by atoms with E-state index < -0.39 is 0 Å². The Labute approximate surface area is 121 Å². The maximum Gasteiger partial charge on any atom is 0.222 e. The third-order valence-corrected chi connectivity index (χ3v) is 3.73. The van der Waals surface area contributed by atoms with Gasteiger partial charge in [-0.2, -0.15) is 5.26 Å². The van der Waals surface area contributed by atoms with Gasteiger partial charge in [-0.25, -0.2) is 0 Å². The van der Waals surface area contributed by atoms with Crippen molar-refractivity contribution >= 4 is 29.2 Å². The van der Waals surface area contributed by atoms with E-state index in [0.29, 0.717) is 29.3 Å². The number of nitriles is 1. The van der Waals surface area contributed by atoms with Crippen LogP contribution in [0.4, 0.5) is 0 Å². The van der Waals surface area contributed by atoms with E-state index in [0.717, 1.165) is 23.9 Å². The van der Waals surface area contributed by atoms with Crippen LogP contribution in [0.15, 0.2) is 18.2 Å². The lowest BCUT2D eigenvalue weighted by Gasteiger charge is -2.05. The summed E-state index contributed by atoms with van der Waals surface area (Å²) in [6.45, 7) is 0.520. The molecule has 0 atom stereocenters. The zero-order valence-electron chi connectivity index (χ0n) is 10.8. The van der Waals surface area contributed by atoms with Crippen molar-refractivity contribution in [3.63, 3.8) is 0 Å². The Balaban J connectivity index is 1.82. The highest BCUT2D eigenvalue weighted by Crippen LogP contribution is 2.19. The summed E-state index contributed by atoms with van der Waals surface area (Å²) in [5.41, 5.74) is 2.34. The minimum atomic E-state index is 0.0557. The number of imidazole rings is 1. The predicted molar refractivity (Wildman–Crippen MR) is 77.6 cm³/mol. The number of H-pyrrole nitrogens is 1. The number of fused-ring (bicyclic) bond motifs is 1. The molecule has 6 heteroatoms. The van der Waals surface area contributed by atoms with Crippen molar-refractivity contribution in [2.45, 2.75) is 31.8 Å². The van der Waals surface area contributed by atoms with E-state index in [4.69, 9.17) is 17.5 Å². The van der Waals surface area contributed by atoms with Gasteiger partial charge in [0.05, 0.1) is 22.7 Å². The van der Waals surface area contributed by atoms with Gasteiger partial charge < -0.3 is 14.9 Å². The molecular formula is C14H14N4OS. The molecule has 102 valence electrons. The third kappa shape index (κ3) is 2.58. The summed E-state index contributed by atoms with van der Waals surface area (Å²) in [6, 6.07) is 7.87. The number of rotatable bonds is 4. The number of aryl methyl sites for hydroxylation is 1. The van der Waals surface area contributed by atoms with E-state index in [1.807, 2.05) is 10.6 Å². The molecule has 2 N–H and O–H groups in total. The average Bonchev–Trinajstić information content (AvgIpc) is 3.18. The average molecular weight is 286 g/mol. The van der Waals surface area contributed by atoms with E-state index in [1.54, 1.807) is 12.1 Å². The topological polar surface area (TPSA) is 73.6 Å². The lowest BCUT2D eigenvalue weighted by molar-refractivity contribution is -0.121. The Morgan fingerprint density at radius 3 is 3.05 bits per heavy atom. The smallest absolute Gasteiger partial charge is 0.222 e. The first-order valence-corrected chi connectivity index (χ1v) is 7.00. The Bertz CT molecular complexity index is 764. The second-order valence-electron chi connectivity index (χ2n) is 5.02. The minimum Gasteiger partial charge on any atom is -0.353 e. The Morgan fingerprint density at radius 2 is 2.35 bits per heavy atom. The number of carbonyl (C=O) groups excluding carboxylic acids is 1. The zero-order chi connectivity index (χ0) is 14.1. The highest BCUT2D eigenvalue weighted by atomic mass is 32.1. The summed E-state index contributed by atoms with van der Waals surface area (Å²) in [7, 11) is 0. The molecule has 0 aliphatic heterocycles. The van der Waals surface area contributed by atoms with Crippen LogP contribution in [0, 0.1) is 16.1 Å². The lowest BCUT2D eigenvalue weighted by Crippen LogP contribution is -2.26. The zero-order valence-corrected chi connectivity index (χ0v) is 11.7. The van der Waals surface area contributed by atoms with Gasteiger partial charge in [0, 0.05) is 19.0 Å². The van der Waals surface area contributed by atoms with Gasteiger partial charge in [0.15, 0.2) is 4.77 Å². The summed E-state index contributed by atoms with van der Waals surface area (Å²) >= 11 is 5.28. The molecule has 1 saturated carbocycles. The van der Waals surface area contributed by atoms with Gasteiger partial charge >= 0.3 is 0 Å². The molecule has 1 fully saturated rings. The molecule has 1 amide bonds. The fraction of sp³-hybridized carbons (Fsp3) is 0.357. The van der Waals surface area contributed by atoms with Crippen LogP contribution in [0.1, 0.15) is 24.8 Å². The molecule has 3 rings (SSSR count). The summed E-state index contributed by atoms with van der Waals surface area (Å²) < 4.78 is 2.45. The lowest BCUT2D eigenvalue weighted by atomic mass is 10.2. The number of hydrogen-bond acceptors (Lipinski definition) is 3. The third-order valence-electron chi connectivity index (χ3n) is 3.41. The SMILES string of the molecule is N#Cc1ccc2[nH]c(=S)n(CCC(=O)NC3CC3)c2c1. The van der Waals surface area contributed by atoms with E-state index in [2.05, 4.69) is 16.4 Å². The Hall–Kier alpha value is -2.13. The van der Waals surface area contributed by atoms with E-state index in [9.17, 15) is 4.79 Å². The molecule has 1 aliphatic rings. The molecule has 1 heterocycles. The predicted octanol–water partition coefficient (Wildman–Crippen LogP) is 2.24. The van der Waals surface area contributed by atoms with Gasteiger partial charge in [-0.05, 0) is 43.3 Å². The Morgan fingerprint density at radius 1 is 1.55 bits per heavy atom. The molecular weight excluding hydrogens is 272 g/mol. The molecule has 5 nitrogen and oxygen atoms in total. The Kier molecular flexibility index (Phi) is 3.28. The van der Waals surface area contributed by atoms with Crippen LogP contribution in [-0.2, 0) is 11.3 Å². The largest absolute Gasteiger partial charge is 0.353 e. The number of nitrogens with zero attached hydrogens (tertiary/aromatic N) is 2. The van der Waals surface area contributed by atoms with Crippen molar-refractivity contribution in [2.24, 2.45) is 0 Å². The van der Waals surface area contributed by atoms with Crippen LogP contribution < -0.4 is 5.32 Å². The van der Waals surface area contributed by atoms with Crippen LogP contribution in [0.3, 0.4) is 0 Å². The van der Waals surface area contributed by atoms with Gasteiger partial charge in [-0.1, -0.05) is 0 Å². The molecule has 1 aromatic carbocycles. The fourth-order valence-electron chi connectivity index (χ4n) is 2.19. The first kappa shape index (κ1) is 12.9. The number of amides is 1. The molecule has 0 spiro atoms. The van der Waals surface area contributed by atoms with Crippen LogP contribution in [-0.4, -0.2) is 21.5 Å². The van der Waals surface area contributed by atoms with Crippen LogP contribution in [0.5, 0.6) is 0 Å². The highest BCUT2D eigenvalue weighted by Gasteiger charge is 2.22. The second-order valence-corrected chi connectivity index (χ2v) is 5.40. The van der Waals surface area contributed by atoms with Crippen LogP contribution in [0.2, 0.25) is 0 Å². The maximum atomic E-state index is 11.7. The number of aromatic amines is 1. The van der Waals surface area contributed by atoms with Crippen molar-refractivity contribution in [1.82, 2.24) is 14.9 Å². The molecule has 1 aromatic heterocycles. The van der Waals surface area contributed by atoms with Crippen molar-refractivity contribution in [3.8, 4) is 6.07 Å². The summed E-state index contributed by atoms with van der Waals surface area (Å²) in [4.78, 5) is 14.8. The molecule has 1 aliphatic carbocycles. The fourth-order valence-corrected chi connectivity index (χ4v) is 2.48. The van der Waals surface area contributed by atoms with Gasteiger partial charge in [0.25, 0.3) is 0 Å². The van der Waals surface area contributed by atoms with Crippen LogP contribution >= 0.6 is 12.2 Å². The molecule has 0 saturated heterocycles. The molecule has 0 radical (unpaired) electrons. The number of carbonyl (C=O) groups is 1. The normalized spacial score (nSPS) is 14.2. The van der Waals surface area contributed by atoms with Gasteiger partial charge in [0.1, 0.15) is 0 Å². The van der Waals surface area contributed by atoms with E-state index >= 15 is 0 Å². The summed E-state index contributed by atoms with van der Waals surface area (Å²) in [6.07, 6.45) is 2.57. The van der Waals surface area contributed by atoms with Crippen molar-refractivity contribution < 1.29 is 4.79 Å². The minimum absolute atomic E-state index is 0.0557. The molecule has 0 unspecified atom stereocenters. The van der Waals surface area contributed by atoms with Gasteiger partial charge in [-0.15, -0.1) is 0 Å². The number of hydrogen-bond donors (Lipinski definition) is 2. The summed E-state index contributed by atoms with van der Waals surface area (Å²) in [5.74, 6) is 0.0557. The van der Waals surface area contributed by atoms with Crippen molar-refractivity contribution in [1.29, 1.82) is 5.26 Å². The maximum absolute atomic E-state index is 11.7. The first-order valence-electron chi connectivity index (χ1n) is 6.59.